The number of aliphatic carboxylic acids is 2. The van der Waals surface area contributed by atoms with Gasteiger partial charge in [0.1, 0.15) is 0 Å². The average molecular weight is 252 g/mol. The van der Waals surface area contributed by atoms with Crippen LogP contribution in [0.5, 0.6) is 0 Å². The first-order valence-electron chi connectivity index (χ1n) is 4.07. The van der Waals surface area contributed by atoms with Crippen molar-refractivity contribution in [3.05, 3.63) is 12.2 Å². The zero-order valence-electron chi connectivity index (χ0n) is 8.43. The summed E-state index contributed by atoms with van der Waals surface area (Å²) in [6, 6.07) is 0. The molecule has 0 aromatic rings. The van der Waals surface area contributed by atoms with Gasteiger partial charge in [-0.25, -0.2) is 0 Å². The van der Waals surface area contributed by atoms with E-state index in [4.69, 9.17) is 10.2 Å². The summed E-state index contributed by atoms with van der Waals surface area (Å²) in [5.74, 6) is -3.83. The van der Waals surface area contributed by atoms with Gasteiger partial charge >= 0.3 is 11.9 Å². The fourth-order valence-electron chi connectivity index (χ4n) is 0.974. The van der Waals surface area contributed by atoms with E-state index in [1.165, 1.54) is 6.92 Å². The van der Waals surface area contributed by atoms with E-state index in [0.29, 0.717) is 0 Å². The third-order valence-corrected chi connectivity index (χ3v) is 1.94. The Bertz CT molecular complexity index is 225. The number of carboxylic acid groups (broad SMARTS) is 2. The minimum absolute atomic E-state index is 0. The van der Waals surface area contributed by atoms with Crippen LogP contribution in [0, 0.1) is 11.8 Å². The molecule has 4 nitrogen and oxygen atoms in total. The molecule has 2 unspecified atom stereocenters. The minimum Gasteiger partial charge on any atom is -0.481 e. The van der Waals surface area contributed by atoms with Crippen molar-refractivity contribution in [3.8, 4) is 0 Å². The molecule has 0 aliphatic heterocycles. The number of carboxylic acids is 2. The van der Waals surface area contributed by atoms with Gasteiger partial charge in [-0.3, -0.25) is 9.59 Å². The van der Waals surface area contributed by atoms with E-state index in [1.807, 2.05) is 0 Å². The van der Waals surface area contributed by atoms with Gasteiger partial charge in [0.05, 0.1) is 11.8 Å². The summed E-state index contributed by atoms with van der Waals surface area (Å²) in [6.45, 7) is 3.18. The largest absolute Gasteiger partial charge is 0.481 e. The first-order valence-corrected chi connectivity index (χ1v) is 4.07. The number of carbonyl (C=O) groups is 2. The predicted octanol–water partition coefficient (Wildman–Crippen LogP) is 1.37. The molecular weight excluding hydrogens is 237 g/mol. The molecule has 0 aliphatic rings. The van der Waals surface area contributed by atoms with Crippen molar-refractivity contribution in [1.29, 1.82) is 0 Å². The first-order chi connectivity index (χ1) is 6.00. The molecular formula is C9H14O4Zn. The Morgan fingerprint density at radius 3 is 2.07 bits per heavy atom. The Labute approximate surface area is 95.8 Å². The molecule has 0 heterocycles. The summed E-state index contributed by atoms with van der Waals surface area (Å²) in [5.41, 5.74) is 0. The fourth-order valence-corrected chi connectivity index (χ4v) is 0.974. The monoisotopic (exact) mass is 250 g/mol. The van der Waals surface area contributed by atoms with Crippen molar-refractivity contribution >= 4 is 11.9 Å². The summed E-state index contributed by atoms with van der Waals surface area (Å²) in [6.07, 6.45) is 3.64. The molecule has 5 heteroatoms. The van der Waals surface area contributed by atoms with E-state index in [1.54, 1.807) is 19.1 Å². The van der Waals surface area contributed by atoms with Gasteiger partial charge in [0, 0.05) is 19.5 Å². The number of hydrogen-bond acceptors (Lipinski definition) is 2. The zero-order valence-corrected chi connectivity index (χ0v) is 11.4. The zero-order chi connectivity index (χ0) is 10.4. The number of hydrogen-bond donors (Lipinski definition) is 2. The van der Waals surface area contributed by atoms with Gasteiger partial charge in [0.25, 0.3) is 0 Å². The van der Waals surface area contributed by atoms with Gasteiger partial charge in [-0.05, 0) is 13.3 Å². The molecule has 0 aromatic heterocycles. The fraction of sp³-hybridized carbons (Fsp3) is 0.556. The molecule has 0 bridgehead atoms. The Kier molecular flexibility index (Phi) is 8.65. The van der Waals surface area contributed by atoms with Crippen LogP contribution in [0.2, 0.25) is 0 Å². The molecule has 0 aliphatic carbocycles. The molecule has 76 valence electrons. The normalized spacial score (nSPS) is 14.4. The van der Waals surface area contributed by atoms with Gasteiger partial charge in [0.2, 0.25) is 0 Å². The Hall–Kier alpha value is -0.697. The van der Waals surface area contributed by atoms with Crippen LogP contribution < -0.4 is 0 Å². The van der Waals surface area contributed by atoms with Crippen LogP contribution in [-0.2, 0) is 29.1 Å². The summed E-state index contributed by atoms with van der Waals surface area (Å²) >= 11 is 0. The van der Waals surface area contributed by atoms with E-state index >= 15 is 0 Å². The van der Waals surface area contributed by atoms with Crippen LogP contribution in [0.4, 0.5) is 0 Å². The van der Waals surface area contributed by atoms with E-state index in [-0.39, 0.29) is 25.9 Å². The van der Waals surface area contributed by atoms with Gasteiger partial charge < -0.3 is 10.2 Å². The maximum atomic E-state index is 10.7. The van der Waals surface area contributed by atoms with Crippen molar-refractivity contribution in [2.45, 2.75) is 20.3 Å². The summed E-state index contributed by atoms with van der Waals surface area (Å²) in [7, 11) is 0. The standard InChI is InChI=1S/C9H14O4.Zn/c1-3-4-5-7(9(12)13)6(2)8(10)11;/h3-4,6-7H,5H2,1-2H3,(H,10,11)(H,12,13);. The Morgan fingerprint density at radius 1 is 1.29 bits per heavy atom. The van der Waals surface area contributed by atoms with Crippen molar-refractivity contribution in [2.24, 2.45) is 11.8 Å². The van der Waals surface area contributed by atoms with Crippen LogP contribution >= 0.6 is 0 Å². The molecule has 0 rings (SSSR count). The molecule has 0 amide bonds. The Balaban J connectivity index is 0. The summed E-state index contributed by atoms with van der Waals surface area (Å²) < 4.78 is 0. The van der Waals surface area contributed by atoms with E-state index in [0.717, 1.165) is 0 Å². The van der Waals surface area contributed by atoms with Crippen molar-refractivity contribution in [2.75, 3.05) is 0 Å². The second-order valence-electron chi connectivity index (χ2n) is 2.88. The van der Waals surface area contributed by atoms with E-state index < -0.39 is 23.8 Å². The van der Waals surface area contributed by atoms with E-state index in [2.05, 4.69) is 0 Å². The van der Waals surface area contributed by atoms with Gasteiger partial charge in [-0.2, -0.15) is 0 Å². The SMILES string of the molecule is CC=CCC(C(=O)O)C(C)C(=O)O.[Zn]. The third kappa shape index (κ3) is 5.12. The molecule has 2 N–H and O–H groups in total. The quantitative estimate of drug-likeness (QED) is 0.572. The molecule has 0 fully saturated rings. The van der Waals surface area contributed by atoms with Gasteiger partial charge in [-0.15, -0.1) is 0 Å². The van der Waals surface area contributed by atoms with Crippen molar-refractivity contribution in [1.82, 2.24) is 0 Å². The first kappa shape index (κ1) is 15.8. The maximum absolute atomic E-state index is 10.7. The molecule has 0 aromatic carbocycles. The average Bonchev–Trinajstić information content (AvgIpc) is 2.04. The molecule has 14 heavy (non-hydrogen) atoms. The second kappa shape index (κ2) is 7.68. The number of allylic oxidation sites excluding steroid dienone is 2. The van der Waals surface area contributed by atoms with Crippen molar-refractivity contribution < 1.29 is 39.3 Å². The van der Waals surface area contributed by atoms with Crippen LogP contribution in [0.1, 0.15) is 20.3 Å². The summed E-state index contributed by atoms with van der Waals surface area (Å²) in [4.78, 5) is 21.2. The molecule has 0 saturated heterocycles. The van der Waals surface area contributed by atoms with Crippen molar-refractivity contribution in [3.63, 3.8) is 0 Å². The van der Waals surface area contributed by atoms with E-state index in [9.17, 15) is 9.59 Å². The maximum Gasteiger partial charge on any atom is 0.307 e. The van der Waals surface area contributed by atoms with Crippen LogP contribution in [0.25, 0.3) is 0 Å². The molecule has 0 radical (unpaired) electrons. The predicted molar refractivity (Wildman–Crippen MR) is 47.4 cm³/mol. The van der Waals surface area contributed by atoms with Gasteiger partial charge in [0.15, 0.2) is 0 Å². The smallest absolute Gasteiger partial charge is 0.307 e. The molecule has 0 spiro atoms. The number of rotatable bonds is 5. The summed E-state index contributed by atoms with van der Waals surface area (Å²) in [5, 5.41) is 17.3. The van der Waals surface area contributed by atoms with Crippen LogP contribution in [-0.4, -0.2) is 22.2 Å². The third-order valence-electron chi connectivity index (χ3n) is 1.94. The minimum atomic E-state index is -1.07. The van der Waals surface area contributed by atoms with Crippen LogP contribution in [0.3, 0.4) is 0 Å². The molecule has 2 atom stereocenters. The topological polar surface area (TPSA) is 74.6 Å². The van der Waals surface area contributed by atoms with Crippen LogP contribution in [0.15, 0.2) is 12.2 Å². The van der Waals surface area contributed by atoms with Gasteiger partial charge in [-0.1, -0.05) is 19.1 Å². The Morgan fingerprint density at radius 2 is 1.79 bits per heavy atom. The molecule has 0 saturated carbocycles. The second-order valence-corrected chi connectivity index (χ2v) is 2.88.